The van der Waals surface area contributed by atoms with Gasteiger partial charge in [-0.1, -0.05) is 48.5 Å². The maximum atomic E-state index is 7.60. The summed E-state index contributed by atoms with van der Waals surface area (Å²) >= 11 is 0. The molecule has 21 heavy (non-hydrogen) atoms. The quantitative estimate of drug-likeness (QED) is 0.482. The molecule has 2 aromatic carbocycles. The van der Waals surface area contributed by atoms with Crippen LogP contribution < -0.4 is 11.5 Å². The van der Waals surface area contributed by atoms with E-state index in [0.717, 1.165) is 41.5 Å². The average molecular weight is 280 g/mol. The molecule has 6 N–H and O–H groups in total. The molecule has 0 saturated heterocycles. The summed E-state index contributed by atoms with van der Waals surface area (Å²) in [4.78, 5) is 0. The fourth-order valence-electron chi connectivity index (χ4n) is 2.47. The van der Waals surface area contributed by atoms with Crippen LogP contribution in [0.15, 0.2) is 48.5 Å². The van der Waals surface area contributed by atoms with Gasteiger partial charge in [-0.3, -0.25) is 10.8 Å². The molecule has 2 rings (SSSR count). The van der Waals surface area contributed by atoms with Gasteiger partial charge in [0.05, 0.1) is 0 Å². The monoisotopic (exact) mass is 280 g/mol. The zero-order chi connectivity index (χ0) is 15.2. The highest BCUT2D eigenvalue weighted by molar-refractivity contribution is 5.96. The van der Waals surface area contributed by atoms with Crippen molar-refractivity contribution in [2.45, 2.75) is 19.3 Å². The molecule has 0 amide bonds. The Hall–Kier alpha value is -2.62. The van der Waals surface area contributed by atoms with E-state index in [-0.39, 0.29) is 11.7 Å². The van der Waals surface area contributed by atoms with E-state index in [1.165, 1.54) is 0 Å². The number of nitrogens with two attached hydrogens (primary N) is 2. The molecule has 0 radical (unpaired) electrons. The van der Waals surface area contributed by atoms with Crippen molar-refractivity contribution in [1.29, 1.82) is 10.8 Å². The summed E-state index contributed by atoms with van der Waals surface area (Å²) in [5.74, 6) is 0.212. The second kappa shape index (κ2) is 6.70. The molecule has 0 fully saturated rings. The number of amidine groups is 2. The van der Waals surface area contributed by atoms with E-state index in [0.29, 0.717) is 0 Å². The lowest BCUT2D eigenvalue weighted by Crippen LogP contribution is -2.15. The highest BCUT2D eigenvalue weighted by Gasteiger charge is 2.07. The van der Waals surface area contributed by atoms with Gasteiger partial charge >= 0.3 is 0 Å². The Balaban J connectivity index is 2.06. The van der Waals surface area contributed by atoms with Crippen molar-refractivity contribution in [2.24, 2.45) is 11.5 Å². The van der Waals surface area contributed by atoms with Gasteiger partial charge in [-0.15, -0.1) is 0 Å². The van der Waals surface area contributed by atoms with Crippen LogP contribution in [0.2, 0.25) is 0 Å². The molecule has 4 heteroatoms. The molecule has 0 aliphatic carbocycles. The highest BCUT2D eigenvalue weighted by atomic mass is 14.7. The first kappa shape index (κ1) is 14.8. The van der Waals surface area contributed by atoms with Gasteiger partial charge in [-0.05, 0) is 30.4 Å². The Morgan fingerprint density at radius 2 is 1.10 bits per heavy atom. The second-order valence-electron chi connectivity index (χ2n) is 5.00. The van der Waals surface area contributed by atoms with E-state index in [2.05, 4.69) is 0 Å². The average Bonchev–Trinajstić information content (AvgIpc) is 2.48. The summed E-state index contributed by atoms with van der Waals surface area (Å²) in [6.07, 6.45) is 2.62. The van der Waals surface area contributed by atoms with Gasteiger partial charge in [0.1, 0.15) is 11.7 Å². The lowest BCUT2D eigenvalue weighted by atomic mass is 9.97. The van der Waals surface area contributed by atoms with Crippen LogP contribution in [0.3, 0.4) is 0 Å². The van der Waals surface area contributed by atoms with Crippen molar-refractivity contribution in [1.82, 2.24) is 0 Å². The minimum atomic E-state index is 0.106. The largest absolute Gasteiger partial charge is 0.384 e. The van der Waals surface area contributed by atoms with Crippen molar-refractivity contribution in [2.75, 3.05) is 0 Å². The summed E-state index contributed by atoms with van der Waals surface area (Å²) in [6.45, 7) is 0. The topological polar surface area (TPSA) is 99.7 Å². The molecule has 0 spiro atoms. The van der Waals surface area contributed by atoms with Crippen molar-refractivity contribution < 1.29 is 0 Å². The molecule has 0 unspecified atom stereocenters. The van der Waals surface area contributed by atoms with Gasteiger partial charge in [0.15, 0.2) is 0 Å². The summed E-state index contributed by atoms with van der Waals surface area (Å²) in [5, 5.41) is 15.2. The number of hydrogen-bond acceptors (Lipinski definition) is 2. The Bertz CT molecular complexity index is 604. The summed E-state index contributed by atoms with van der Waals surface area (Å²) < 4.78 is 0. The van der Waals surface area contributed by atoms with Crippen LogP contribution in [0.5, 0.6) is 0 Å². The Labute approximate surface area is 124 Å². The summed E-state index contributed by atoms with van der Waals surface area (Å²) in [7, 11) is 0. The molecule has 0 aliphatic heterocycles. The number of nitrogen functional groups attached to an aromatic ring is 2. The van der Waals surface area contributed by atoms with Crippen LogP contribution in [0.1, 0.15) is 28.7 Å². The van der Waals surface area contributed by atoms with Gasteiger partial charge in [-0.25, -0.2) is 0 Å². The van der Waals surface area contributed by atoms with E-state index in [9.17, 15) is 0 Å². The third kappa shape index (κ3) is 3.69. The predicted molar refractivity (Wildman–Crippen MR) is 86.9 cm³/mol. The van der Waals surface area contributed by atoms with Gasteiger partial charge in [0.25, 0.3) is 0 Å². The molecule has 4 nitrogen and oxygen atoms in total. The van der Waals surface area contributed by atoms with E-state index in [4.69, 9.17) is 22.3 Å². The van der Waals surface area contributed by atoms with Crippen molar-refractivity contribution in [3.63, 3.8) is 0 Å². The van der Waals surface area contributed by atoms with Crippen LogP contribution in [0, 0.1) is 10.8 Å². The SMILES string of the molecule is N=C(N)c1ccccc1CCCc1ccccc1C(=N)N. The highest BCUT2D eigenvalue weighted by Crippen LogP contribution is 2.15. The maximum absolute atomic E-state index is 7.60. The van der Waals surface area contributed by atoms with E-state index in [1.807, 2.05) is 48.5 Å². The molecular weight excluding hydrogens is 260 g/mol. The third-order valence-corrected chi connectivity index (χ3v) is 3.51. The number of nitrogens with one attached hydrogen (secondary N) is 2. The lowest BCUT2D eigenvalue weighted by Gasteiger charge is -2.10. The first-order chi connectivity index (χ1) is 10.1. The van der Waals surface area contributed by atoms with Gasteiger partial charge in [0.2, 0.25) is 0 Å². The van der Waals surface area contributed by atoms with Crippen molar-refractivity contribution in [3.8, 4) is 0 Å². The lowest BCUT2D eigenvalue weighted by molar-refractivity contribution is 0.818. The standard InChI is InChI=1S/C17H20N4/c18-16(19)14-10-3-1-6-12(14)8-5-9-13-7-2-4-11-15(13)17(20)21/h1-4,6-7,10-11H,5,8-9H2,(H3,18,19)(H3,20,21). The molecular formula is C17H20N4. The van der Waals surface area contributed by atoms with Crippen LogP contribution in [0.25, 0.3) is 0 Å². The predicted octanol–water partition coefficient (Wildman–Crippen LogP) is 2.43. The number of rotatable bonds is 6. The number of aryl methyl sites for hydroxylation is 2. The zero-order valence-corrected chi connectivity index (χ0v) is 11.9. The van der Waals surface area contributed by atoms with Crippen molar-refractivity contribution >= 4 is 11.7 Å². The molecule has 0 saturated carbocycles. The molecule has 108 valence electrons. The Morgan fingerprint density at radius 1 is 0.714 bits per heavy atom. The molecule has 0 bridgehead atoms. The van der Waals surface area contributed by atoms with E-state index < -0.39 is 0 Å². The second-order valence-corrected chi connectivity index (χ2v) is 5.00. The first-order valence-corrected chi connectivity index (χ1v) is 6.94. The van der Waals surface area contributed by atoms with E-state index in [1.54, 1.807) is 0 Å². The molecule has 0 aliphatic rings. The fraction of sp³-hybridized carbons (Fsp3) is 0.176. The van der Waals surface area contributed by atoms with Gasteiger partial charge in [0, 0.05) is 11.1 Å². The molecule has 0 aromatic heterocycles. The minimum absolute atomic E-state index is 0.106. The van der Waals surface area contributed by atoms with Crippen LogP contribution in [0.4, 0.5) is 0 Å². The smallest absolute Gasteiger partial charge is 0.123 e. The van der Waals surface area contributed by atoms with Crippen LogP contribution >= 0.6 is 0 Å². The Kier molecular flexibility index (Phi) is 4.72. The van der Waals surface area contributed by atoms with Crippen LogP contribution in [-0.4, -0.2) is 11.7 Å². The normalized spacial score (nSPS) is 10.3. The number of hydrogen-bond donors (Lipinski definition) is 4. The van der Waals surface area contributed by atoms with Gasteiger partial charge in [-0.2, -0.15) is 0 Å². The van der Waals surface area contributed by atoms with Crippen LogP contribution in [-0.2, 0) is 12.8 Å². The third-order valence-electron chi connectivity index (χ3n) is 3.51. The van der Waals surface area contributed by atoms with Crippen molar-refractivity contribution in [3.05, 3.63) is 70.8 Å². The molecule has 0 atom stereocenters. The van der Waals surface area contributed by atoms with Gasteiger partial charge < -0.3 is 11.5 Å². The molecule has 2 aromatic rings. The fourth-order valence-corrected chi connectivity index (χ4v) is 2.47. The summed E-state index contributed by atoms with van der Waals surface area (Å²) in [6, 6.07) is 15.5. The summed E-state index contributed by atoms with van der Waals surface area (Å²) in [5.41, 5.74) is 15.0. The number of benzene rings is 2. The zero-order valence-electron chi connectivity index (χ0n) is 11.9. The first-order valence-electron chi connectivity index (χ1n) is 6.94. The van der Waals surface area contributed by atoms with E-state index >= 15 is 0 Å². The molecule has 0 heterocycles. The minimum Gasteiger partial charge on any atom is -0.384 e. The maximum Gasteiger partial charge on any atom is 0.123 e. The Morgan fingerprint density at radius 3 is 1.48 bits per heavy atom.